The van der Waals surface area contributed by atoms with Gasteiger partial charge in [-0.2, -0.15) is 0 Å². The Labute approximate surface area is 121 Å². The predicted molar refractivity (Wildman–Crippen MR) is 83.9 cm³/mol. The Bertz CT molecular complexity index is 534. The van der Waals surface area contributed by atoms with E-state index in [4.69, 9.17) is 10.5 Å². The lowest BCUT2D eigenvalue weighted by molar-refractivity contribution is 0.305. The lowest BCUT2D eigenvalue weighted by atomic mass is 9.86. The number of nitrogens with two attached hydrogens (primary N) is 1. The number of benzene rings is 2. The van der Waals surface area contributed by atoms with E-state index < -0.39 is 5.54 Å². The molecule has 2 N–H and O–H groups in total. The van der Waals surface area contributed by atoms with Crippen LogP contribution in [0.5, 0.6) is 5.75 Å². The molecule has 0 fully saturated rings. The van der Waals surface area contributed by atoms with Crippen LogP contribution in [0.3, 0.4) is 0 Å². The molecule has 2 aromatic carbocycles. The third-order valence-corrected chi connectivity index (χ3v) is 3.38. The van der Waals surface area contributed by atoms with Gasteiger partial charge in [-0.1, -0.05) is 55.5 Å². The van der Waals surface area contributed by atoms with Gasteiger partial charge in [-0.3, -0.25) is 0 Å². The Morgan fingerprint density at radius 1 is 1.00 bits per heavy atom. The summed E-state index contributed by atoms with van der Waals surface area (Å²) >= 11 is 0. The molecule has 0 spiro atoms. The summed E-state index contributed by atoms with van der Waals surface area (Å²) < 4.78 is 5.83. The minimum atomic E-state index is -0.439. The van der Waals surface area contributed by atoms with E-state index in [1.165, 1.54) is 5.56 Å². The highest BCUT2D eigenvalue weighted by atomic mass is 16.5. The maximum Gasteiger partial charge on any atom is 0.124 e. The van der Waals surface area contributed by atoms with Crippen molar-refractivity contribution in [3.63, 3.8) is 0 Å². The van der Waals surface area contributed by atoms with Gasteiger partial charge in [0.2, 0.25) is 0 Å². The van der Waals surface area contributed by atoms with E-state index in [1.807, 2.05) is 36.4 Å². The summed E-state index contributed by atoms with van der Waals surface area (Å²) in [5.41, 5.74) is 8.43. The van der Waals surface area contributed by atoms with Crippen molar-refractivity contribution in [2.75, 3.05) is 6.61 Å². The summed E-state index contributed by atoms with van der Waals surface area (Å²) in [5, 5.41) is 0. The zero-order valence-corrected chi connectivity index (χ0v) is 12.3. The molecule has 2 rings (SSSR count). The molecule has 0 heterocycles. The van der Waals surface area contributed by atoms with Gasteiger partial charge in [0.05, 0.1) is 6.61 Å². The zero-order chi connectivity index (χ0) is 14.4. The minimum absolute atomic E-state index is 0.439. The van der Waals surface area contributed by atoms with Crippen LogP contribution < -0.4 is 10.5 Å². The van der Waals surface area contributed by atoms with Gasteiger partial charge in [-0.25, -0.2) is 0 Å². The van der Waals surface area contributed by atoms with Gasteiger partial charge in [0.25, 0.3) is 0 Å². The number of hydrogen-bond donors (Lipinski definition) is 1. The van der Waals surface area contributed by atoms with Crippen LogP contribution in [-0.2, 0) is 12.0 Å². The highest BCUT2D eigenvalue weighted by Crippen LogP contribution is 2.30. The van der Waals surface area contributed by atoms with Crippen LogP contribution in [0.15, 0.2) is 54.6 Å². The summed E-state index contributed by atoms with van der Waals surface area (Å²) in [6.45, 7) is 4.89. The summed E-state index contributed by atoms with van der Waals surface area (Å²) in [7, 11) is 0. The van der Waals surface area contributed by atoms with Crippen molar-refractivity contribution in [1.29, 1.82) is 0 Å². The van der Waals surface area contributed by atoms with Crippen molar-refractivity contribution in [2.24, 2.45) is 5.73 Å². The lowest BCUT2D eigenvalue weighted by Gasteiger charge is -2.27. The van der Waals surface area contributed by atoms with Crippen LogP contribution in [0.4, 0.5) is 0 Å². The fourth-order valence-electron chi connectivity index (χ4n) is 2.39. The van der Waals surface area contributed by atoms with Gasteiger partial charge in [-0.05, 0) is 31.4 Å². The molecule has 1 atom stereocenters. The second-order valence-electron chi connectivity index (χ2n) is 5.42. The fourth-order valence-corrected chi connectivity index (χ4v) is 2.39. The summed E-state index contributed by atoms with van der Waals surface area (Å²) in [6.07, 6.45) is 1.79. The van der Waals surface area contributed by atoms with Crippen molar-refractivity contribution in [2.45, 2.75) is 32.2 Å². The SMILES string of the molecule is CCCOc1ccccc1C(C)(N)Cc1ccccc1. The number of para-hydroxylation sites is 1. The summed E-state index contributed by atoms with van der Waals surface area (Å²) in [4.78, 5) is 0. The van der Waals surface area contributed by atoms with E-state index in [9.17, 15) is 0 Å². The van der Waals surface area contributed by atoms with Gasteiger partial charge in [0.15, 0.2) is 0 Å². The van der Waals surface area contributed by atoms with Crippen LogP contribution >= 0.6 is 0 Å². The molecule has 0 aliphatic rings. The smallest absolute Gasteiger partial charge is 0.124 e. The first-order valence-electron chi connectivity index (χ1n) is 7.18. The Hall–Kier alpha value is -1.80. The minimum Gasteiger partial charge on any atom is -0.493 e. The number of hydrogen-bond acceptors (Lipinski definition) is 2. The maximum absolute atomic E-state index is 6.56. The summed E-state index contributed by atoms with van der Waals surface area (Å²) in [6, 6.07) is 18.4. The molecule has 0 aliphatic carbocycles. The molecule has 0 saturated heterocycles. The van der Waals surface area contributed by atoms with Crippen LogP contribution in [0.25, 0.3) is 0 Å². The Balaban J connectivity index is 2.24. The second kappa shape index (κ2) is 6.58. The third-order valence-electron chi connectivity index (χ3n) is 3.38. The van der Waals surface area contributed by atoms with Gasteiger partial charge in [0.1, 0.15) is 5.75 Å². The molecule has 0 bridgehead atoms. The normalized spacial score (nSPS) is 13.8. The van der Waals surface area contributed by atoms with Crippen LogP contribution in [0, 0.1) is 0 Å². The molecule has 0 saturated carbocycles. The van der Waals surface area contributed by atoms with E-state index in [1.54, 1.807) is 0 Å². The molecule has 0 amide bonds. The van der Waals surface area contributed by atoms with Crippen molar-refractivity contribution in [1.82, 2.24) is 0 Å². The second-order valence-corrected chi connectivity index (χ2v) is 5.42. The van der Waals surface area contributed by atoms with E-state index >= 15 is 0 Å². The fraction of sp³-hybridized carbons (Fsp3) is 0.333. The maximum atomic E-state index is 6.56. The first-order chi connectivity index (χ1) is 9.63. The first kappa shape index (κ1) is 14.6. The van der Waals surface area contributed by atoms with Crippen LogP contribution in [0.1, 0.15) is 31.4 Å². The lowest BCUT2D eigenvalue weighted by Crippen LogP contribution is -2.36. The van der Waals surface area contributed by atoms with E-state index in [0.717, 1.165) is 30.8 Å². The van der Waals surface area contributed by atoms with Crippen LogP contribution in [-0.4, -0.2) is 6.61 Å². The zero-order valence-electron chi connectivity index (χ0n) is 12.3. The highest BCUT2D eigenvalue weighted by Gasteiger charge is 2.25. The molecule has 2 nitrogen and oxygen atoms in total. The average molecular weight is 269 g/mol. The molecule has 0 aliphatic heterocycles. The van der Waals surface area contributed by atoms with Crippen molar-refractivity contribution >= 4 is 0 Å². The quantitative estimate of drug-likeness (QED) is 0.863. The number of rotatable bonds is 6. The summed E-state index contributed by atoms with van der Waals surface area (Å²) in [5.74, 6) is 0.898. The molecule has 0 aromatic heterocycles. The third kappa shape index (κ3) is 3.61. The first-order valence-corrected chi connectivity index (χ1v) is 7.18. The topological polar surface area (TPSA) is 35.2 Å². The van der Waals surface area contributed by atoms with E-state index in [-0.39, 0.29) is 0 Å². The Morgan fingerprint density at radius 2 is 1.65 bits per heavy atom. The largest absolute Gasteiger partial charge is 0.493 e. The Morgan fingerprint density at radius 3 is 2.35 bits per heavy atom. The molecule has 0 radical (unpaired) electrons. The van der Waals surface area contributed by atoms with Crippen molar-refractivity contribution in [3.05, 3.63) is 65.7 Å². The molecule has 106 valence electrons. The molecule has 1 unspecified atom stereocenters. The van der Waals surface area contributed by atoms with E-state index in [0.29, 0.717) is 0 Å². The number of ether oxygens (including phenoxy) is 1. The molecule has 2 aromatic rings. The van der Waals surface area contributed by atoms with Gasteiger partial charge in [-0.15, -0.1) is 0 Å². The van der Waals surface area contributed by atoms with Gasteiger partial charge in [0, 0.05) is 11.1 Å². The monoisotopic (exact) mass is 269 g/mol. The standard InChI is InChI=1S/C18H23NO/c1-3-13-20-17-12-8-7-11-16(17)18(2,19)14-15-9-5-4-6-10-15/h4-12H,3,13-14,19H2,1-2H3. The highest BCUT2D eigenvalue weighted by molar-refractivity contribution is 5.39. The van der Waals surface area contributed by atoms with E-state index in [2.05, 4.69) is 32.0 Å². The predicted octanol–water partition coefficient (Wildman–Crippen LogP) is 3.89. The Kier molecular flexibility index (Phi) is 4.80. The van der Waals surface area contributed by atoms with Crippen molar-refractivity contribution in [3.8, 4) is 5.75 Å². The molecule has 2 heteroatoms. The van der Waals surface area contributed by atoms with Gasteiger partial charge >= 0.3 is 0 Å². The molecular weight excluding hydrogens is 246 g/mol. The van der Waals surface area contributed by atoms with Crippen LogP contribution in [0.2, 0.25) is 0 Å². The van der Waals surface area contributed by atoms with Gasteiger partial charge < -0.3 is 10.5 Å². The molecular formula is C18H23NO. The van der Waals surface area contributed by atoms with Crippen molar-refractivity contribution < 1.29 is 4.74 Å². The molecule has 20 heavy (non-hydrogen) atoms. The average Bonchev–Trinajstić information content (AvgIpc) is 2.46.